The van der Waals surface area contributed by atoms with E-state index < -0.39 is 0 Å². The van der Waals surface area contributed by atoms with Crippen LogP contribution in [-0.2, 0) is 4.79 Å². The molecule has 2 heterocycles. The van der Waals surface area contributed by atoms with E-state index in [1.807, 2.05) is 42.2 Å². The van der Waals surface area contributed by atoms with Gasteiger partial charge in [-0.25, -0.2) is 4.98 Å². The number of amides is 1. The number of rotatable bonds is 2. The molecule has 1 aliphatic rings. The number of carbonyl (C=O) groups excluding carboxylic acids is 1. The van der Waals surface area contributed by atoms with E-state index in [1.165, 1.54) is 0 Å². The second-order valence-electron chi connectivity index (χ2n) is 5.07. The molecule has 0 spiro atoms. The van der Waals surface area contributed by atoms with E-state index in [4.69, 9.17) is 0 Å². The van der Waals surface area contributed by atoms with Crippen LogP contribution >= 0.6 is 0 Å². The van der Waals surface area contributed by atoms with Crippen LogP contribution in [0.15, 0.2) is 30.3 Å². The molecule has 1 aromatic carbocycles. The maximum Gasteiger partial charge on any atom is 0.242 e. The minimum Gasteiger partial charge on any atom is -0.353 e. The van der Waals surface area contributed by atoms with Crippen LogP contribution in [0, 0.1) is 11.3 Å². The molecule has 1 saturated heterocycles. The van der Waals surface area contributed by atoms with Crippen molar-refractivity contribution in [2.75, 3.05) is 18.0 Å². The third kappa shape index (κ3) is 2.29. The minimum absolute atomic E-state index is 0.00241. The minimum atomic E-state index is -0.264. The number of hydrogen-bond donors (Lipinski definition) is 1. The highest BCUT2D eigenvalue weighted by Crippen LogP contribution is 2.26. The van der Waals surface area contributed by atoms with Crippen molar-refractivity contribution in [3.8, 4) is 6.07 Å². The van der Waals surface area contributed by atoms with E-state index in [0.717, 1.165) is 10.9 Å². The fourth-order valence-electron chi connectivity index (χ4n) is 2.78. The van der Waals surface area contributed by atoms with Gasteiger partial charge in [-0.15, -0.1) is 0 Å². The Kier molecular flexibility index (Phi) is 3.44. The van der Waals surface area contributed by atoms with Crippen molar-refractivity contribution in [3.63, 3.8) is 0 Å². The molecule has 21 heavy (non-hydrogen) atoms. The zero-order valence-corrected chi connectivity index (χ0v) is 11.8. The van der Waals surface area contributed by atoms with E-state index in [9.17, 15) is 10.1 Å². The summed E-state index contributed by atoms with van der Waals surface area (Å²) in [4.78, 5) is 18.6. The van der Waals surface area contributed by atoms with Gasteiger partial charge in [-0.2, -0.15) is 5.26 Å². The fourth-order valence-corrected chi connectivity index (χ4v) is 2.78. The van der Waals surface area contributed by atoms with Crippen LogP contribution in [0.1, 0.15) is 18.9 Å². The Morgan fingerprint density at radius 2 is 2.29 bits per heavy atom. The van der Waals surface area contributed by atoms with Crippen LogP contribution in [0.4, 0.5) is 5.82 Å². The molecule has 1 aromatic heterocycles. The van der Waals surface area contributed by atoms with Crippen molar-refractivity contribution in [1.29, 1.82) is 5.26 Å². The van der Waals surface area contributed by atoms with Gasteiger partial charge in [0.1, 0.15) is 17.9 Å². The van der Waals surface area contributed by atoms with E-state index in [0.29, 0.717) is 30.9 Å². The number of carbonyl (C=O) groups is 1. The Labute approximate surface area is 123 Å². The fraction of sp³-hybridized carbons (Fsp3) is 0.312. The topological polar surface area (TPSA) is 69.0 Å². The number of fused-ring (bicyclic) bond motifs is 1. The highest BCUT2D eigenvalue weighted by Gasteiger charge is 2.30. The van der Waals surface area contributed by atoms with Crippen molar-refractivity contribution in [1.82, 2.24) is 10.3 Å². The van der Waals surface area contributed by atoms with E-state index in [-0.39, 0.29) is 11.9 Å². The molecule has 0 bridgehead atoms. The lowest BCUT2D eigenvalue weighted by Gasteiger charge is -2.35. The van der Waals surface area contributed by atoms with E-state index in [2.05, 4.69) is 16.4 Å². The van der Waals surface area contributed by atoms with Crippen LogP contribution in [-0.4, -0.2) is 30.0 Å². The number of hydrogen-bond acceptors (Lipinski definition) is 4. The van der Waals surface area contributed by atoms with Crippen molar-refractivity contribution in [2.45, 2.75) is 19.4 Å². The number of aromatic nitrogens is 1. The maximum absolute atomic E-state index is 12.0. The molecule has 1 amide bonds. The first-order valence-corrected chi connectivity index (χ1v) is 7.09. The molecule has 1 fully saturated rings. The summed E-state index contributed by atoms with van der Waals surface area (Å²) in [5.74, 6) is 0.612. The number of piperazine rings is 1. The number of para-hydroxylation sites is 1. The third-order valence-electron chi connectivity index (χ3n) is 3.81. The lowest BCUT2D eigenvalue weighted by Crippen LogP contribution is -2.55. The van der Waals surface area contributed by atoms with Crippen LogP contribution < -0.4 is 10.2 Å². The zero-order valence-electron chi connectivity index (χ0n) is 11.8. The average Bonchev–Trinajstić information content (AvgIpc) is 2.53. The maximum atomic E-state index is 12.0. The lowest BCUT2D eigenvalue weighted by atomic mass is 10.1. The molecule has 3 rings (SSSR count). The Hall–Kier alpha value is -2.61. The Morgan fingerprint density at radius 3 is 3.05 bits per heavy atom. The van der Waals surface area contributed by atoms with Crippen molar-refractivity contribution in [3.05, 3.63) is 35.9 Å². The van der Waals surface area contributed by atoms with Gasteiger partial charge in [0.25, 0.3) is 0 Å². The second-order valence-corrected chi connectivity index (χ2v) is 5.07. The average molecular weight is 280 g/mol. The van der Waals surface area contributed by atoms with E-state index >= 15 is 0 Å². The van der Waals surface area contributed by atoms with Crippen LogP contribution in [0.3, 0.4) is 0 Å². The molecule has 106 valence electrons. The SMILES string of the molecule is CCC1C(=O)NCCN1c1nc2ccccc2cc1C#N. The zero-order chi connectivity index (χ0) is 14.8. The van der Waals surface area contributed by atoms with Gasteiger partial charge in [0, 0.05) is 18.5 Å². The molecule has 0 radical (unpaired) electrons. The largest absolute Gasteiger partial charge is 0.353 e. The summed E-state index contributed by atoms with van der Waals surface area (Å²) in [5, 5.41) is 13.2. The first-order valence-electron chi connectivity index (χ1n) is 7.09. The van der Waals surface area contributed by atoms with E-state index in [1.54, 1.807) is 0 Å². The summed E-state index contributed by atoms with van der Waals surface area (Å²) in [5.41, 5.74) is 1.36. The quantitative estimate of drug-likeness (QED) is 0.911. The van der Waals surface area contributed by atoms with Gasteiger partial charge in [0.2, 0.25) is 5.91 Å². The van der Waals surface area contributed by atoms with Crippen LogP contribution in [0.5, 0.6) is 0 Å². The van der Waals surface area contributed by atoms with Crippen molar-refractivity contribution in [2.24, 2.45) is 0 Å². The number of pyridine rings is 1. The summed E-state index contributed by atoms with van der Waals surface area (Å²) in [7, 11) is 0. The summed E-state index contributed by atoms with van der Waals surface area (Å²) in [6, 6.07) is 11.5. The lowest BCUT2D eigenvalue weighted by molar-refractivity contribution is -0.123. The molecular formula is C16H16N4O. The molecule has 5 nitrogen and oxygen atoms in total. The Bertz CT molecular complexity index is 735. The van der Waals surface area contributed by atoms with Gasteiger partial charge in [-0.1, -0.05) is 25.1 Å². The second kappa shape index (κ2) is 5.41. The monoisotopic (exact) mass is 280 g/mol. The molecule has 1 N–H and O–H groups in total. The number of nitrogens with zero attached hydrogens (tertiary/aromatic N) is 3. The molecule has 1 atom stereocenters. The molecule has 2 aromatic rings. The van der Waals surface area contributed by atoms with Crippen molar-refractivity contribution >= 4 is 22.6 Å². The number of nitrogens with one attached hydrogen (secondary N) is 1. The molecule has 0 aliphatic carbocycles. The van der Waals surface area contributed by atoms with Gasteiger partial charge in [-0.3, -0.25) is 4.79 Å². The number of anilines is 1. The summed E-state index contributed by atoms with van der Waals surface area (Å²) in [6.07, 6.45) is 0.686. The van der Waals surface area contributed by atoms with Crippen LogP contribution in [0.2, 0.25) is 0 Å². The predicted molar refractivity (Wildman–Crippen MR) is 80.9 cm³/mol. The summed E-state index contributed by atoms with van der Waals surface area (Å²) < 4.78 is 0. The first kappa shape index (κ1) is 13.4. The highest BCUT2D eigenvalue weighted by atomic mass is 16.2. The number of benzene rings is 1. The molecule has 0 saturated carbocycles. The Morgan fingerprint density at radius 1 is 1.48 bits per heavy atom. The van der Waals surface area contributed by atoms with Crippen molar-refractivity contribution < 1.29 is 4.79 Å². The number of nitriles is 1. The van der Waals surface area contributed by atoms with Gasteiger partial charge in [0.15, 0.2) is 0 Å². The standard InChI is InChI=1S/C16H16N4O/c1-2-14-16(21)18-7-8-20(14)15-12(10-17)9-11-5-3-4-6-13(11)19-15/h3-6,9,14H,2,7-8H2,1H3,(H,18,21). The predicted octanol–water partition coefficient (Wildman–Crippen LogP) is 1.82. The molecule has 5 heteroatoms. The third-order valence-corrected chi connectivity index (χ3v) is 3.81. The Balaban J connectivity index is 2.14. The molecular weight excluding hydrogens is 264 g/mol. The first-order chi connectivity index (χ1) is 10.2. The highest BCUT2D eigenvalue weighted by molar-refractivity contribution is 5.88. The van der Waals surface area contributed by atoms with Gasteiger partial charge < -0.3 is 10.2 Å². The smallest absolute Gasteiger partial charge is 0.242 e. The van der Waals surface area contributed by atoms with Crippen LogP contribution in [0.25, 0.3) is 10.9 Å². The van der Waals surface area contributed by atoms with Gasteiger partial charge in [0.05, 0.1) is 11.1 Å². The van der Waals surface area contributed by atoms with Gasteiger partial charge in [-0.05, 0) is 18.6 Å². The summed E-state index contributed by atoms with van der Waals surface area (Å²) in [6.45, 7) is 3.22. The molecule has 1 unspecified atom stereocenters. The normalized spacial score (nSPS) is 18.4. The summed E-state index contributed by atoms with van der Waals surface area (Å²) >= 11 is 0. The van der Waals surface area contributed by atoms with Gasteiger partial charge >= 0.3 is 0 Å². The molecule has 1 aliphatic heterocycles.